The predicted octanol–water partition coefficient (Wildman–Crippen LogP) is 8.08. The van der Waals surface area contributed by atoms with E-state index in [0.717, 1.165) is 34.9 Å². The molecule has 0 saturated heterocycles. The van der Waals surface area contributed by atoms with Crippen LogP contribution in [0.3, 0.4) is 0 Å². The quantitative estimate of drug-likeness (QED) is 0.0937. The van der Waals surface area contributed by atoms with E-state index in [1.807, 2.05) is 26.0 Å². The second-order valence-corrected chi connectivity index (χ2v) is 13.9. The molecule has 1 amide bonds. The molecule has 6 rings (SSSR count). The molecule has 2 N–H and O–H groups in total. The third-order valence-electron chi connectivity index (χ3n) is 7.79. The van der Waals surface area contributed by atoms with E-state index < -0.39 is 20.9 Å². The number of fused-ring (bicyclic) bond motifs is 1. The molecule has 0 spiro atoms. The molecule has 0 bridgehead atoms. The number of nitrogens with one attached hydrogen (secondary N) is 2. The molecule has 0 aliphatic carbocycles. The summed E-state index contributed by atoms with van der Waals surface area (Å²) < 4.78 is 41.9. The Hall–Kier alpha value is -5.37. The van der Waals surface area contributed by atoms with Crippen LogP contribution in [0.15, 0.2) is 101 Å². The maximum atomic E-state index is 13.8. The predicted molar refractivity (Wildman–Crippen MR) is 190 cm³/mol. The molecule has 6 aromatic rings. The van der Waals surface area contributed by atoms with E-state index in [2.05, 4.69) is 15.1 Å². The van der Waals surface area contributed by atoms with Gasteiger partial charge in [0.1, 0.15) is 28.6 Å². The van der Waals surface area contributed by atoms with E-state index in [1.54, 1.807) is 48.5 Å². The van der Waals surface area contributed by atoms with Gasteiger partial charge in [-0.05, 0) is 97.3 Å². The molecule has 4 aromatic carbocycles. The third-order valence-corrected chi connectivity index (χ3v) is 9.95. The highest BCUT2D eigenvalue weighted by Gasteiger charge is 2.27. The molecule has 2 heterocycles. The number of hydrogen-bond donors (Lipinski definition) is 2. The zero-order valence-corrected chi connectivity index (χ0v) is 29.0. The minimum atomic E-state index is -4.51. The van der Waals surface area contributed by atoms with Gasteiger partial charge in [0.05, 0.1) is 28.1 Å². The molecule has 15 heteroatoms. The van der Waals surface area contributed by atoms with Crippen LogP contribution in [0, 0.1) is 24.0 Å². The Bertz CT molecular complexity index is 2320. The molecular formula is C35H29Cl2N5O7S. The average molecular weight is 735 g/mol. The molecule has 0 fully saturated rings. The lowest BCUT2D eigenvalue weighted by Gasteiger charge is -2.12. The Morgan fingerprint density at radius 2 is 1.72 bits per heavy atom. The van der Waals surface area contributed by atoms with Crippen LogP contribution in [-0.2, 0) is 23.0 Å². The zero-order chi connectivity index (χ0) is 35.6. The smallest absolute Gasteiger partial charge is 0.292 e. The summed E-state index contributed by atoms with van der Waals surface area (Å²) in [6.45, 7) is 4.13. The van der Waals surface area contributed by atoms with Crippen molar-refractivity contribution in [3.8, 4) is 11.5 Å². The number of nitrogens with zero attached hydrogens (tertiary/aromatic N) is 3. The Balaban J connectivity index is 1.25. The molecule has 0 saturated carbocycles. The van der Waals surface area contributed by atoms with E-state index in [0.29, 0.717) is 44.6 Å². The van der Waals surface area contributed by atoms with Crippen LogP contribution in [0.1, 0.15) is 32.9 Å². The minimum absolute atomic E-state index is 0.0343. The summed E-state index contributed by atoms with van der Waals surface area (Å²) in [5.74, 6) is 0.896. The number of rotatable bonds is 12. The first-order valence-electron chi connectivity index (χ1n) is 15.2. The number of hydrogen-bond acceptors (Lipinski definition) is 9. The van der Waals surface area contributed by atoms with Crippen molar-refractivity contribution >= 4 is 61.4 Å². The summed E-state index contributed by atoms with van der Waals surface area (Å²) in [6, 6.07) is 22.3. The van der Waals surface area contributed by atoms with Gasteiger partial charge in [-0.1, -0.05) is 35.3 Å². The van der Waals surface area contributed by atoms with Crippen molar-refractivity contribution < 1.29 is 27.3 Å². The summed E-state index contributed by atoms with van der Waals surface area (Å²) in [5, 5.41) is 20.5. The number of amides is 1. The van der Waals surface area contributed by atoms with Gasteiger partial charge in [-0.25, -0.2) is 13.1 Å². The average Bonchev–Trinajstić information content (AvgIpc) is 3.71. The molecule has 50 heavy (non-hydrogen) atoms. The Morgan fingerprint density at radius 1 is 0.980 bits per heavy atom. The second-order valence-electron chi connectivity index (χ2n) is 11.4. The van der Waals surface area contributed by atoms with E-state index in [9.17, 15) is 23.3 Å². The van der Waals surface area contributed by atoms with E-state index in [-0.39, 0.29) is 35.1 Å². The number of sulfonamides is 1. The monoisotopic (exact) mass is 733 g/mol. The van der Waals surface area contributed by atoms with Gasteiger partial charge in [0, 0.05) is 34.5 Å². The fraction of sp³-hybridized carbons (Fsp3) is 0.143. The highest BCUT2D eigenvalue weighted by Crippen LogP contribution is 2.31. The van der Waals surface area contributed by atoms with Crippen molar-refractivity contribution in [2.45, 2.75) is 31.7 Å². The van der Waals surface area contributed by atoms with Gasteiger partial charge in [0.15, 0.2) is 0 Å². The normalized spacial score (nSPS) is 11.4. The Kier molecular flexibility index (Phi) is 9.82. The van der Waals surface area contributed by atoms with Crippen molar-refractivity contribution in [2.75, 3.05) is 11.9 Å². The van der Waals surface area contributed by atoms with E-state index in [4.69, 9.17) is 32.4 Å². The lowest BCUT2D eigenvalue weighted by atomic mass is 10.1. The van der Waals surface area contributed by atoms with Crippen molar-refractivity contribution in [3.05, 3.63) is 139 Å². The molecule has 0 unspecified atom stereocenters. The number of carbonyl (C=O) groups is 1. The first kappa shape index (κ1) is 34.5. The van der Waals surface area contributed by atoms with Gasteiger partial charge in [-0.3, -0.25) is 19.6 Å². The first-order valence-corrected chi connectivity index (χ1v) is 17.4. The molecule has 2 aromatic heterocycles. The van der Waals surface area contributed by atoms with Crippen LogP contribution >= 0.6 is 23.2 Å². The number of ether oxygens (including phenoxy) is 1. The van der Waals surface area contributed by atoms with Gasteiger partial charge in [-0.2, -0.15) is 5.10 Å². The fourth-order valence-electron chi connectivity index (χ4n) is 5.38. The standard InChI is InChI=1S/C35H29Cl2N5O7S/c1-21-16-27(17-22(2)33(21)37)49-26-8-5-23(6-9-26)20-41-34(29-18-24(36)7-11-30(29)39-41)35(43)40-50(46,47)28-10-12-32(42(44)45)31(19-28)38-14-13-25-4-3-15-48-25/h3-12,15-19,38H,13-14,20H2,1-2H3,(H,40,43). The number of nitro groups is 1. The van der Waals surface area contributed by atoms with Crippen molar-refractivity contribution in [1.29, 1.82) is 0 Å². The molecule has 0 aliphatic rings. The molecule has 256 valence electrons. The summed E-state index contributed by atoms with van der Waals surface area (Å²) >= 11 is 12.5. The molecule has 0 aliphatic heterocycles. The van der Waals surface area contributed by atoms with Gasteiger partial charge >= 0.3 is 0 Å². The van der Waals surface area contributed by atoms with E-state index in [1.165, 1.54) is 17.0 Å². The topological polar surface area (TPSA) is 159 Å². The van der Waals surface area contributed by atoms with Crippen molar-refractivity contribution in [3.63, 3.8) is 0 Å². The summed E-state index contributed by atoms with van der Waals surface area (Å²) in [7, 11) is -4.51. The largest absolute Gasteiger partial charge is 0.469 e. The van der Waals surface area contributed by atoms with Crippen molar-refractivity contribution in [2.24, 2.45) is 0 Å². The number of nitro benzene ring substituents is 1. The summed E-state index contributed by atoms with van der Waals surface area (Å²) in [5.41, 5.74) is 2.54. The van der Waals surface area contributed by atoms with Crippen LogP contribution in [0.5, 0.6) is 11.5 Å². The van der Waals surface area contributed by atoms with Crippen LogP contribution in [-0.4, -0.2) is 35.6 Å². The van der Waals surface area contributed by atoms with Crippen LogP contribution in [0.25, 0.3) is 10.9 Å². The van der Waals surface area contributed by atoms with E-state index >= 15 is 0 Å². The number of furan rings is 1. The maximum Gasteiger partial charge on any atom is 0.292 e. The molecule has 0 radical (unpaired) electrons. The lowest BCUT2D eigenvalue weighted by molar-refractivity contribution is -0.384. The highest BCUT2D eigenvalue weighted by molar-refractivity contribution is 7.90. The number of anilines is 1. The highest BCUT2D eigenvalue weighted by atomic mass is 35.5. The number of aromatic nitrogens is 2. The Morgan fingerprint density at radius 3 is 2.40 bits per heavy atom. The maximum absolute atomic E-state index is 13.8. The van der Waals surface area contributed by atoms with Gasteiger partial charge in [-0.15, -0.1) is 0 Å². The SMILES string of the molecule is Cc1cc(Oc2ccc(Cn3nc4ccc(Cl)cc4c3C(=O)NS(=O)(=O)c3ccc([N+](=O)[O-])c(NCCc4ccco4)c3)cc2)cc(C)c1Cl. The fourth-order valence-corrected chi connectivity index (χ4v) is 6.64. The van der Waals surface area contributed by atoms with Gasteiger partial charge in [0.2, 0.25) is 0 Å². The molecule has 12 nitrogen and oxygen atoms in total. The number of halogens is 2. The van der Waals surface area contributed by atoms with Gasteiger partial charge in [0.25, 0.3) is 21.6 Å². The van der Waals surface area contributed by atoms with Crippen LogP contribution < -0.4 is 14.8 Å². The van der Waals surface area contributed by atoms with Crippen molar-refractivity contribution in [1.82, 2.24) is 14.5 Å². The van der Waals surface area contributed by atoms with Gasteiger partial charge < -0.3 is 14.5 Å². The number of aryl methyl sites for hydroxylation is 2. The molecular weight excluding hydrogens is 705 g/mol. The second kappa shape index (κ2) is 14.2. The number of benzene rings is 4. The summed E-state index contributed by atoms with van der Waals surface area (Å²) in [4.78, 5) is 24.5. The number of carbonyl (C=O) groups excluding carboxylic acids is 1. The first-order chi connectivity index (χ1) is 23.9. The van der Waals surface area contributed by atoms with Crippen LogP contribution in [0.4, 0.5) is 11.4 Å². The lowest BCUT2D eigenvalue weighted by Crippen LogP contribution is -2.32. The Labute approximate surface area is 296 Å². The third kappa shape index (κ3) is 7.59. The van der Waals surface area contributed by atoms with Crippen LogP contribution in [0.2, 0.25) is 10.0 Å². The zero-order valence-electron chi connectivity index (χ0n) is 26.6. The minimum Gasteiger partial charge on any atom is -0.469 e. The summed E-state index contributed by atoms with van der Waals surface area (Å²) in [6.07, 6.45) is 1.90. The molecule has 0 atom stereocenters.